The van der Waals surface area contributed by atoms with E-state index in [2.05, 4.69) is 0 Å². The van der Waals surface area contributed by atoms with Crippen molar-refractivity contribution >= 4 is 15.7 Å². The fraction of sp³-hybridized carbons (Fsp3) is 0.250. The number of hydrogen-bond acceptors (Lipinski definition) is 2. The fourth-order valence-electron chi connectivity index (χ4n) is 2.23. The molecule has 0 atom stereocenters. The topological polar surface area (TPSA) is 37.4 Å². The minimum absolute atomic E-state index is 0.113. The maximum atomic E-state index is 12.8. The molecule has 23 heavy (non-hydrogen) atoms. The van der Waals surface area contributed by atoms with Gasteiger partial charge in [-0.2, -0.15) is 13.2 Å². The molecule has 0 saturated heterocycles. The Labute approximate surface area is 133 Å². The molecule has 0 N–H and O–H groups in total. The molecule has 0 radical (unpaired) electrons. The highest BCUT2D eigenvalue weighted by Crippen LogP contribution is 2.32. The lowest BCUT2D eigenvalue weighted by Gasteiger charge is -2.23. The van der Waals surface area contributed by atoms with Crippen molar-refractivity contribution in [2.45, 2.75) is 24.9 Å². The van der Waals surface area contributed by atoms with E-state index in [1.807, 2.05) is 13.0 Å². The Kier molecular flexibility index (Phi) is 4.70. The van der Waals surface area contributed by atoms with Crippen LogP contribution >= 0.6 is 0 Å². The summed E-state index contributed by atoms with van der Waals surface area (Å²) in [6.07, 6.45) is -4.59. The van der Waals surface area contributed by atoms with Crippen LogP contribution in [-0.4, -0.2) is 15.0 Å². The van der Waals surface area contributed by atoms with E-state index >= 15 is 0 Å². The summed E-state index contributed by atoms with van der Waals surface area (Å²) in [5.74, 6) is 0. The Bertz CT molecular complexity index is 801. The zero-order valence-corrected chi connectivity index (χ0v) is 13.4. The number of alkyl halides is 3. The highest BCUT2D eigenvalue weighted by Gasteiger charge is 2.32. The summed E-state index contributed by atoms with van der Waals surface area (Å²) < 4.78 is 64.9. The number of rotatable bonds is 4. The maximum absolute atomic E-state index is 12.8. The number of nitrogens with zero attached hydrogens (tertiary/aromatic N) is 1. The molecule has 0 amide bonds. The normalized spacial score (nSPS) is 12.2. The number of benzene rings is 2. The smallest absolute Gasteiger partial charge is 0.267 e. The van der Waals surface area contributed by atoms with Crippen LogP contribution < -0.4 is 4.31 Å². The summed E-state index contributed by atoms with van der Waals surface area (Å²) in [5, 5.41) is 0. The van der Waals surface area contributed by atoms with Gasteiger partial charge in [0, 0.05) is 6.54 Å². The lowest BCUT2D eigenvalue weighted by Crippen LogP contribution is -2.31. The largest absolute Gasteiger partial charge is 0.416 e. The first-order valence-electron chi connectivity index (χ1n) is 6.93. The van der Waals surface area contributed by atoms with Gasteiger partial charge in [0.2, 0.25) is 0 Å². The molecule has 3 nitrogen and oxygen atoms in total. The van der Waals surface area contributed by atoms with E-state index in [1.54, 1.807) is 25.1 Å². The molecule has 0 unspecified atom stereocenters. The molecule has 2 rings (SSSR count). The van der Waals surface area contributed by atoms with Crippen molar-refractivity contribution in [1.29, 1.82) is 0 Å². The highest BCUT2D eigenvalue weighted by atomic mass is 32.2. The predicted molar refractivity (Wildman–Crippen MR) is 82.8 cm³/mol. The van der Waals surface area contributed by atoms with E-state index in [0.717, 1.165) is 22.0 Å². The second-order valence-corrected chi connectivity index (χ2v) is 6.90. The summed E-state index contributed by atoms with van der Waals surface area (Å²) in [6.45, 7) is 3.56. The summed E-state index contributed by atoms with van der Waals surface area (Å²) >= 11 is 0. The quantitative estimate of drug-likeness (QED) is 0.833. The maximum Gasteiger partial charge on any atom is 0.416 e. The van der Waals surface area contributed by atoms with Crippen LogP contribution in [0, 0.1) is 6.92 Å². The van der Waals surface area contributed by atoms with Gasteiger partial charge in [-0.15, -0.1) is 0 Å². The lowest BCUT2D eigenvalue weighted by molar-refractivity contribution is -0.137. The molecule has 0 bridgehead atoms. The van der Waals surface area contributed by atoms with Crippen LogP contribution in [0.15, 0.2) is 53.4 Å². The van der Waals surface area contributed by atoms with Gasteiger partial charge in [-0.25, -0.2) is 8.42 Å². The molecule has 0 heterocycles. The SMILES string of the molecule is CCN(c1cccc(C)c1)S(=O)(=O)c1cccc(C(F)(F)F)c1. The molecule has 0 spiro atoms. The van der Waals surface area contributed by atoms with Crippen molar-refractivity contribution in [3.63, 3.8) is 0 Å². The van der Waals surface area contributed by atoms with Gasteiger partial charge in [0.15, 0.2) is 0 Å². The molecule has 0 fully saturated rings. The number of hydrogen-bond donors (Lipinski definition) is 0. The number of anilines is 1. The third kappa shape index (κ3) is 3.67. The first-order valence-corrected chi connectivity index (χ1v) is 8.37. The Balaban J connectivity index is 2.52. The van der Waals surface area contributed by atoms with Crippen molar-refractivity contribution in [2.75, 3.05) is 10.8 Å². The minimum Gasteiger partial charge on any atom is -0.267 e. The summed E-state index contributed by atoms with van der Waals surface area (Å²) in [6, 6.07) is 10.6. The van der Waals surface area contributed by atoms with Crippen molar-refractivity contribution in [3.05, 3.63) is 59.7 Å². The first kappa shape index (κ1) is 17.3. The second kappa shape index (κ2) is 6.23. The highest BCUT2D eigenvalue weighted by molar-refractivity contribution is 7.92. The van der Waals surface area contributed by atoms with Crippen LogP contribution in [0.5, 0.6) is 0 Å². The Morgan fingerprint density at radius 3 is 2.26 bits per heavy atom. The van der Waals surface area contributed by atoms with E-state index in [0.29, 0.717) is 11.8 Å². The molecule has 0 aromatic heterocycles. The molecule has 0 saturated carbocycles. The zero-order chi connectivity index (χ0) is 17.3. The van der Waals surface area contributed by atoms with Gasteiger partial charge in [0.05, 0.1) is 16.1 Å². The monoisotopic (exact) mass is 343 g/mol. The Morgan fingerprint density at radius 1 is 1.04 bits per heavy atom. The van der Waals surface area contributed by atoms with E-state index in [1.165, 1.54) is 6.07 Å². The van der Waals surface area contributed by atoms with Gasteiger partial charge in [-0.3, -0.25) is 4.31 Å². The van der Waals surface area contributed by atoms with Gasteiger partial charge in [-0.05, 0) is 49.7 Å². The molecule has 0 aliphatic rings. The van der Waals surface area contributed by atoms with E-state index < -0.39 is 21.8 Å². The van der Waals surface area contributed by atoms with Crippen molar-refractivity contribution in [3.8, 4) is 0 Å². The van der Waals surface area contributed by atoms with Crippen LogP contribution in [0.2, 0.25) is 0 Å². The predicted octanol–water partition coefficient (Wildman–Crippen LogP) is 4.23. The van der Waals surface area contributed by atoms with Gasteiger partial charge in [-0.1, -0.05) is 18.2 Å². The average molecular weight is 343 g/mol. The van der Waals surface area contributed by atoms with Crippen LogP contribution in [-0.2, 0) is 16.2 Å². The third-order valence-electron chi connectivity index (χ3n) is 3.33. The molecule has 124 valence electrons. The molecule has 7 heteroatoms. The van der Waals surface area contributed by atoms with Gasteiger partial charge < -0.3 is 0 Å². The van der Waals surface area contributed by atoms with Crippen molar-refractivity contribution < 1.29 is 21.6 Å². The summed E-state index contributed by atoms with van der Waals surface area (Å²) in [7, 11) is -4.07. The molecule has 0 aliphatic carbocycles. The number of aryl methyl sites for hydroxylation is 1. The summed E-state index contributed by atoms with van der Waals surface area (Å²) in [5.41, 5.74) is 0.295. The Hall–Kier alpha value is -2.02. The molecular weight excluding hydrogens is 327 g/mol. The fourth-order valence-corrected chi connectivity index (χ4v) is 3.75. The first-order chi connectivity index (χ1) is 10.7. The van der Waals surface area contributed by atoms with Gasteiger partial charge in [0.25, 0.3) is 10.0 Å². The van der Waals surface area contributed by atoms with E-state index in [-0.39, 0.29) is 11.4 Å². The van der Waals surface area contributed by atoms with Crippen molar-refractivity contribution in [1.82, 2.24) is 0 Å². The van der Waals surface area contributed by atoms with E-state index in [9.17, 15) is 21.6 Å². The van der Waals surface area contributed by atoms with Gasteiger partial charge in [0.1, 0.15) is 0 Å². The minimum atomic E-state index is -4.59. The average Bonchev–Trinajstić information content (AvgIpc) is 2.47. The van der Waals surface area contributed by atoms with Crippen molar-refractivity contribution in [2.24, 2.45) is 0 Å². The van der Waals surface area contributed by atoms with E-state index in [4.69, 9.17) is 0 Å². The number of halogens is 3. The second-order valence-electron chi connectivity index (χ2n) is 5.03. The molecular formula is C16H16F3NO2S. The molecule has 2 aromatic rings. The Morgan fingerprint density at radius 2 is 1.70 bits per heavy atom. The lowest BCUT2D eigenvalue weighted by atomic mass is 10.2. The standard InChI is InChI=1S/C16H16F3NO2S/c1-3-20(14-8-4-6-12(2)10-14)23(21,22)15-9-5-7-13(11-15)16(17,18)19/h4-11H,3H2,1-2H3. The zero-order valence-electron chi connectivity index (χ0n) is 12.6. The molecule has 2 aromatic carbocycles. The van der Waals surface area contributed by atoms with Gasteiger partial charge >= 0.3 is 6.18 Å². The van der Waals surface area contributed by atoms with Crippen LogP contribution in [0.1, 0.15) is 18.1 Å². The summed E-state index contributed by atoms with van der Waals surface area (Å²) in [4.78, 5) is -0.379. The van der Waals surface area contributed by atoms with Crippen LogP contribution in [0.4, 0.5) is 18.9 Å². The third-order valence-corrected chi connectivity index (χ3v) is 5.23. The molecule has 0 aliphatic heterocycles. The van der Waals surface area contributed by atoms with Crippen LogP contribution in [0.3, 0.4) is 0 Å². The van der Waals surface area contributed by atoms with Crippen LogP contribution in [0.25, 0.3) is 0 Å². The number of sulfonamides is 1.